The molecule has 0 amide bonds. The van der Waals surface area contributed by atoms with Gasteiger partial charge in [-0.2, -0.15) is 0 Å². The van der Waals surface area contributed by atoms with Crippen molar-refractivity contribution in [1.82, 2.24) is 19.9 Å². The van der Waals surface area contributed by atoms with Gasteiger partial charge < -0.3 is 11.1 Å². The van der Waals surface area contributed by atoms with E-state index in [-0.39, 0.29) is 24.0 Å². The van der Waals surface area contributed by atoms with Crippen molar-refractivity contribution in [3.8, 4) is 0 Å². The average Bonchev–Trinajstić information content (AvgIpc) is 2.81. The summed E-state index contributed by atoms with van der Waals surface area (Å²) < 4.78 is 1.99. The molecule has 0 radical (unpaired) electrons. The molecule has 1 aliphatic rings. The number of pyridine rings is 1. The van der Waals surface area contributed by atoms with Crippen molar-refractivity contribution in [3.05, 3.63) is 30.2 Å². The Labute approximate surface area is 141 Å². The molecule has 0 unspecified atom stereocenters. The van der Waals surface area contributed by atoms with Gasteiger partial charge in [0.15, 0.2) is 11.6 Å². The Morgan fingerprint density at radius 2 is 2.24 bits per heavy atom. The van der Waals surface area contributed by atoms with Crippen LogP contribution in [0.3, 0.4) is 0 Å². The highest BCUT2D eigenvalue weighted by molar-refractivity contribution is 14.0. The first-order valence-electron chi connectivity index (χ1n) is 7.15. The molecule has 3 N–H and O–H groups in total. The fraction of sp³-hybridized carbons (Fsp3) is 0.500. The number of hydrogen-bond donors (Lipinski definition) is 2. The average molecular weight is 400 g/mol. The first-order valence-corrected chi connectivity index (χ1v) is 7.15. The minimum absolute atomic E-state index is 0. The molecule has 2 heterocycles. The summed E-state index contributed by atoms with van der Waals surface area (Å²) in [7, 11) is 0. The zero-order valence-electron chi connectivity index (χ0n) is 11.9. The lowest BCUT2D eigenvalue weighted by Crippen LogP contribution is -2.34. The van der Waals surface area contributed by atoms with Crippen LogP contribution in [0.4, 0.5) is 0 Å². The van der Waals surface area contributed by atoms with Gasteiger partial charge in [-0.15, -0.1) is 34.2 Å². The Morgan fingerprint density at radius 3 is 3.00 bits per heavy atom. The van der Waals surface area contributed by atoms with Crippen molar-refractivity contribution in [2.75, 3.05) is 13.1 Å². The molecule has 2 aromatic rings. The summed E-state index contributed by atoms with van der Waals surface area (Å²) >= 11 is 0. The Bertz CT molecular complexity index is 604. The number of nitrogens with two attached hydrogens (primary N) is 1. The predicted molar refractivity (Wildman–Crippen MR) is 93.9 cm³/mol. The molecule has 0 bridgehead atoms. The maximum Gasteiger partial charge on any atom is 0.188 e. The number of guanidine groups is 1. The van der Waals surface area contributed by atoms with Crippen LogP contribution in [0.15, 0.2) is 29.4 Å². The van der Waals surface area contributed by atoms with E-state index in [1.54, 1.807) is 0 Å². The summed E-state index contributed by atoms with van der Waals surface area (Å²) in [6.45, 7) is 1.57. The molecule has 114 valence electrons. The van der Waals surface area contributed by atoms with Crippen LogP contribution in [0.25, 0.3) is 5.65 Å². The zero-order chi connectivity index (χ0) is 13.8. The first-order chi connectivity index (χ1) is 9.83. The summed E-state index contributed by atoms with van der Waals surface area (Å²) in [5.74, 6) is 2.21. The van der Waals surface area contributed by atoms with Crippen molar-refractivity contribution in [3.63, 3.8) is 0 Å². The highest BCUT2D eigenvalue weighted by atomic mass is 127. The van der Waals surface area contributed by atoms with Gasteiger partial charge in [0, 0.05) is 25.7 Å². The number of halogens is 1. The fourth-order valence-corrected chi connectivity index (χ4v) is 2.32. The van der Waals surface area contributed by atoms with E-state index in [1.807, 2.05) is 28.8 Å². The van der Waals surface area contributed by atoms with Crippen molar-refractivity contribution in [1.29, 1.82) is 0 Å². The van der Waals surface area contributed by atoms with Gasteiger partial charge in [-0.1, -0.05) is 12.5 Å². The van der Waals surface area contributed by atoms with Gasteiger partial charge in [-0.25, -0.2) is 0 Å². The lowest BCUT2D eigenvalue weighted by molar-refractivity contribution is 0.326. The summed E-state index contributed by atoms with van der Waals surface area (Å²) in [6, 6.07) is 5.87. The molecule has 21 heavy (non-hydrogen) atoms. The molecule has 1 aliphatic carbocycles. The van der Waals surface area contributed by atoms with Gasteiger partial charge in [0.2, 0.25) is 0 Å². The molecular formula is C14H21IN6. The lowest BCUT2D eigenvalue weighted by Gasteiger charge is -2.23. The summed E-state index contributed by atoms with van der Waals surface area (Å²) in [4.78, 5) is 4.37. The maximum absolute atomic E-state index is 5.85. The van der Waals surface area contributed by atoms with Crippen LogP contribution in [0.1, 0.15) is 25.1 Å². The smallest absolute Gasteiger partial charge is 0.188 e. The van der Waals surface area contributed by atoms with E-state index in [4.69, 9.17) is 5.73 Å². The van der Waals surface area contributed by atoms with E-state index in [1.165, 1.54) is 19.3 Å². The Kier molecular flexibility index (Phi) is 5.77. The van der Waals surface area contributed by atoms with Crippen LogP contribution in [-0.4, -0.2) is 33.6 Å². The van der Waals surface area contributed by atoms with Crippen molar-refractivity contribution in [2.24, 2.45) is 16.6 Å². The molecule has 2 aromatic heterocycles. The molecule has 3 rings (SSSR count). The minimum Gasteiger partial charge on any atom is -0.370 e. The normalized spacial score (nSPS) is 15.5. The summed E-state index contributed by atoms with van der Waals surface area (Å²) in [5, 5.41) is 11.4. The number of nitrogens with zero attached hydrogens (tertiary/aromatic N) is 4. The number of rotatable bonds is 5. The Morgan fingerprint density at radius 1 is 1.38 bits per heavy atom. The molecule has 0 saturated heterocycles. The molecule has 1 fully saturated rings. The SMILES string of the molecule is I.NC(=NCC1CCC1)NCCc1nnc2ccccn12. The minimum atomic E-state index is 0. The Hall–Kier alpha value is -1.38. The highest BCUT2D eigenvalue weighted by Gasteiger charge is 2.16. The van der Waals surface area contributed by atoms with Gasteiger partial charge in [-0.05, 0) is 30.9 Å². The highest BCUT2D eigenvalue weighted by Crippen LogP contribution is 2.26. The van der Waals surface area contributed by atoms with E-state index in [0.29, 0.717) is 5.96 Å². The van der Waals surface area contributed by atoms with E-state index in [2.05, 4.69) is 20.5 Å². The second-order valence-corrected chi connectivity index (χ2v) is 5.24. The summed E-state index contributed by atoms with van der Waals surface area (Å²) in [6.07, 6.45) is 6.67. The number of aliphatic imine (C=N–C) groups is 1. The lowest BCUT2D eigenvalue weighted by atomic mass is 9.86. The quantitative estimate of drug-likeness (QED) is 0.454. The molecule has 0 atom stereocenters. The third-order valence-corrected chi connectivity index (χ3v) is 3.78. The first kappa shape index (κ1) is 16.0. The van der Waals surface area contributed by atoms with Gasteiger partial charge in [0.1, 0.15) is 5.82 Å². The van der Waals surface area contributed by atoms with E-state index < -0.39 is 0 Å². The van der Waals surface area contributed by atoms with Gasteiger partial charge in [0.25, 0.3) is 0 Å². The van der Waals surface area contributed by atoms with Gasteiger partial charge >= 0.3 is 0 Å². The van der Waals surface area contributed by atoms with Crippen LogP contribution < -0.4 is 11.1 Å². The standard InChI is InChI=1S/C14H20N6.HI/c15-14(17-10-11-4-3-5-11)16-8-7-13-19-18-12-6-1-2-9-20(12)13;/h1-2,6,9,11H,3-5,7-8,10H2,(H3,15,16,17);1H. The molecule has 1 saturated carbocycles. The topological polar surface area (TPSA) is 80.6 Å². The van der Waals surface area contributed by atoms with Crippen LogP contribution in [0.2, 0.25) is 0 Å². The molecule has 7 heteroatoms. The van der Waals surface area contributed by atoms with Gasteiger partial charge in [0.05, 0.1) is 0 Å². The zero-order valence-corrected chi connectivity index (χ0v) is 14.2. The monoisotopic (exact) mass is 400 g/mol. The number of aromatic nitrogens is 3. The van der Waals surface area contributed by atoms with Crippen LogP contribution >= 0.6 is 24.0 Å². The second kappa shape index (κ2) is 7.58. The van der Waals surface area contributed by atoms with Crippen LogP contribution in [0.5, 0.6) is 0 Å². The number of nitrogens with one attached hydrogen (secondary N) is 1. The van der Waals surface area contributed by atoms with E-state index in [0.717, 1.165) is 36.9 Å². The second-order valence-electron chi connectivity index (χ2n) is 5.24. The predicted octanol–water partition coefficient (Wildman–Crippen LogP) is 1.59. The molecule has 6 nitrogen and oxygen atoms in total. The summed E-state index contributed by atoms with van der Waals surface area (Å²) in [5.41, 5.74) is 6.72. The molecular weight excluding hydrogens is 379 g/mol. The van der Waals surface area contributed by atoms with Crippen LogP contribution in [0, 0.1) is 5.92 Å². The van der Waals surface area contributed by atoms with Crippen molar-refractivity contribution < 1.29 is 0 Å². The number of fused-ring (bicyclic) bond motifs is 1. The molecule has 0 aromatic carbocycles. The fourth-order valence-electron chi connectivity index (χ4n) is 2.32. The number of hydrogen-bond acceptors (Lipinski definition) is 3. The third kappa shape index (κ3) is 4.05. The largest absolute Gasteiger partial charge is 0.370 e. The van der Waals surface area contributed by atoms with Crippen molar-refractivity contribution >= 4 is 35.6 Å². The van der Waals surface area contributed by atoms with Crippen molar-refractivity contribution in [2.45, 2.75) is 25.7 Å². The van der Waals surface area contributed by atoms with E-state index >= 15 is 0 Å². The molecule has 0 spiro atoms. The molecule has 0 aliphatic heterocycles. The third-order valence-electron chi connectivity index (χ3n) is 3.78. The maximum atomic E-state index is 5.85. The Balaban J connectivity index is 0.00000161. The van der Waals surface area contributed by atoms with Crippen LogP contribution in [-0.2, 0) is 6.42 Å². The van der Waals surface area contributed by atoms with E-state index in [9.17, 15) is 0 Å². The van der Waals surface area contributed by atoms with Gasteiger partial charge in [-0.3, -0.25) is 9.39 Å².